The lowest BCUT2D eigenvalue weighted by molar-refractivity contribution is 0.0984. The predicted molar refractivity (Wildman–Crippen MR) is 93.5 cm³/mol. The normalized spacial score (nSPS) is 13.5. The smallest absolute Gasteiger partial charge is 0.261 e. The number of fused-ring (bicyclic) bond motifs is 1. The first-order chi connectivity index (χ1) is 11.8. The Balaban J connectivity index is 1.68. The number of methoxy groups -OCH3 is 1. The number of aryl methyl sites for hydroxylation is 1. The van der Waals surface area contributed by atoms with E-state index in [1.165, 1.54) is 5.56 Å². The second-order valence-electron chi connectivity index (χ2n) is 5.76. The van der Waals surface area contributed by atoms with Gasteiger partial charge in [-0.25, -0.2) is 9.97 Å². The molecule has 0 spiro atoms. The van der Waals surface area contributed by atoms with Crippen molar-refractivity contribution in [1.82, 2.24) is 9.97 Å². The number of benzene rings is 1. The third-order valence-electron chi connectivity index (χ3n) is 4.06. The van der Waals surface area contributed by atoms with E-state index in [1.807, 2.05) is 23.1 Å². The summed E-state index contributed by atoms with van der Waals surface area (Å²) in [5.74, 6) is 0.481. The summed E-state index contributed by atoms with van der Waals surface area (Å²) in [6.07, 6.45) is 6.05. The van der Waals surface area contributed by atoms with Crippen LogP contribution < -0.4 is 10.2 Å². The fourth-order valence-electron chi connectivity index (χ4n) is 2.85. The maximum atomic E-state index is 12.8. The number of hydrogen-bond acceptors (Lipinski definition) is 5. The molecule has 0 radical (unpaired) electrons. The van der Waals surface area contributed by atoms with Crippen molar-refractivity contribution in [3.8, 4) is 0 Å². The van der Waals surface area contributed by atoms with Crippen molar-refractivity contribution < 1.29 is 9.53 Å². The number of nitrogens with zero attached hydrogens (tertiary/aromatic N) is 3. The van der Waals surface area contributed by atoms with Crippen molar-refractivity contribution in [1.29, 1.82) is 0 Å². The van der Waals surface area contributed by atoms with Gasteiger partial charge in [-0.15, -0.1) is 0 Å². The van der Waals surface area contributed by atoms with Crippen LogP contribution in [0, 0.1) is 0 Å². The summed E-state index contributed by atoms with van der Waals surface area (Å²) in [4.78, 5) is 23.1. The molecule has 0 atom stereocenters. The zero-order chi connectivity index (χ0) is 16.8. The van der Waals surface area contributed by atoms with E-state index in [4.69, 9.17) is 4.74 Å². The summed E-state index contributed by atoms with van der Waals surface area (Å²) in [6, 6.07) is 8.06. The molecule has 0 bridgehead atoms. The third kappa shape index (κ3) is 3.71. The van der Waals surface area contributed by atoms with Gasteiger partial charge in [-0.2, -0.15) is 0 Å². The van der Waals surface area contributed by atoms with Gasteiger partial charge < -0.3 is 15.0 Å². The van der Waals surface area contributed by atoms with Gasteiger partial charge in [0.25, 0.3) is 5.91 Å². The van der Waals surface area contributed by atoms with Gasteiger partial charge in [-0.05, 0) is 30.9 Å². The summed E-state index contributed by atoms with van der Waals surface area (Å²) < 4.78 is 5.00. The first-order valence-corrected chi connectivity index (χ1v) is 8.24. The lowest BCUT2D eigenvalue weighted by Gasteiger charge is -2.29. The first-order valence-electron chi connectivity index (χ1n) is 8.24. The minimum atomic E-state index is -0.0481. The lowest BCUT2D eigenvalue weighted by Crippen LogP contribution is -2.35. The quantitative estimate of drug-likeness (QED) is 0.826. The molecule has 6 nitrogen and oxygen atoms in total. The fraction of sp³-hybridized carbons (Fsp3) is 0.389. The topological polar surface area (TPSA) is 67.3 Å². The lowest BCUT2D eigenvalue weighted by atomic mass is 10.0. The average molecular weight is 326 g/mol. The predicted octanol–water partition coefficient (Wildman–Crippen LogP) is 2.52. The highest BCUT2D eigenvalue weighted by molar-refractivity contribution is 6.06. The SMILES string of the molecule is COCCCNc1ncc(C(=O)N2CCCc3ccccc32)cn1. The van der Waals surface area contributed by atoms with E-state index < -0.39 is 0 Å². The number of amides is 1. The van der Waals surface area contributed by atoms with Crippen molar-refractivity contribution in [2.75, 3.05) is 37.0 Å². The summed E-state index contributed by atoms with van der Waals surface area (Å²) in [5.41, 5.74) is 2.72. The van der Waals surface area contributed by atoms with E-state index in [0.29, 0.717) is 18.1 Å². The fourth-order valence-corrected chi connectivity index (χ4v) is 2.85. The van der Waals surface area contributed by atoms with Crippen LogP contribution in [-0.4, -0.2) is 42.7 Å². The van der Waals surface area contributed by atoms with Gasteiger partial charge in [0.05, 0.1) is 5.56 Å². The number of carbonyl (C=O) groups is 1. The largest absolute Gasteiger partial charge is 0.385 e. The maximum absolute atomic E-state index is 12.8. The van der Waals surface area contributed by atoms with Gasteiger partial charge in [0, 0.05) is 44.9 Å². The molecule has 6 heteroatoms. The summed E-state index contributed by atoms with van der Waals surface area (Å²) in [7, 11) is 1.68. The Kier molecular flexibility index (Phi) is 5.38. The Hall–Kier alpha value is -2.47. The van der Waals surface area contributed by atoms with Gasteiger partial charge in [-0.1, -0.05) is 18.2 Å². The molecule has 0 unspecified atom stereocenters. The number of nitrogens with one attached hydrogen (secondary N) is 1. The molecule has 126 valence electrons. The molecule has 2 heterocycles. The van der Waals surface area contributed by atoms with Crippen LogP contribution in [-0.2, 0) is 11.2 Å². The van der Waals surface area contributed by atoms with Crippen LogP contribution in [0.25, 0.3) is 0 Å². The molecular formula is C18H22N4O2. The molecule has 1 N–H and O–H groups in total. The number of aromatic nitrogens is 2. The molecule has 0 fully saturated rings. The molecular weight excluding hydrogens is 304 g/mol. The standard InChI is InChI=1S/C18H22N4O2/c1-24-11-5-9-19-18-20-12-15(13-21-18)17(23)22-10-4-7-14-6-2-3-8-16(14)22/h2-3,6,8,12-13H,4-5,7,9-11H2,1H3,(H,19,20,21). The van der Waals surface area contributed by atoms with E-state index in [2.05, 4.69) is 21.4 Å². The second kappa shape index (κ2) is 7.88. The molecule has 1 aliphatic heterocycles. The zero-order valence-corrected chi connectivity index (χ0v) is 13.9. The van der Waals surface area contributed by atoms with Crippen LogP contribution in [0.4, 0.5) is 11.6 Å². The van der Waals surface area contributed by atoms with E-state index in [-0.39, 0.29) is 5.91 Å². The van der Waals surface area contributed by atoms with Crippen LogP contribution in [0.1, 0.15) is 28.8 Å². The number of anilines is 2. The molecule has 0 saturated heterocycles. The van der Waals surface area contributed by atoms with Gasteiger partial charge in [0.1, 0.15) is 0 Å². The second-order valence-corrected chi connectivity index (χ2v) is 5.76. The van der Waals surface area contributed by atoms with Crippen molar-refractivity contribution in [2.24, 2.45) is 0 Å². The number of ether oxygens (including phenoxy) is 1. The summed E-state index contributed by atoms with van der Waals surface area (Å²) in [5, 5.41) is 3.11. The number of carbonyl (C=O) groups excluding carboxylic acids is 1. The van der Waals surface area contributed by atoms with E-state index >= 15 is 0 Å². The molecule has 1 aromatic carbocycles. The molecule has 0 aliphatic carbocycles. The van der Waals surface area contributed by atoms with Gasteiger partial charge in [-0.3, -0.25) is 4.79 Å². The number of rotatable bonds is 6. The van der Waals surface area contributed by atoms with E-state index in [0.717, 1.165) is 38.0 Å². The van der Waals surface area contributed by atoms with Crippen molar-refractivity contribution in [3.05, 3.63) is 47.8 Å². The Morgan fingerprint density at radius 1 is 1.29 bits per heavy atom. The molecule has 1 aliphatic rings. The third-order valence-corrected chi connectivity index (χ3v) is 4.06. The van der Waals surface area contributed by atoms with Crippen LogP contribution >= 0.6 is 0 Å². The van der Waals surface area contributed by atoms with Crippen LogP contribution in [0.15, 0.2) is 36.7 Å². The minimum Gasteiger partial charge on any atom is -0.385 e. The van der Waals surface area contributed by atoms with Crippen LogP contribution in [0.2, 0.25) is 0 Å². The van der Waals surface area contributed by atoms with Gasteiger partial charge >= 0.3 is 0 Å². The minimum absolute atomic E-state index is 0.0481. The monoisotopic (exact) mass is 326 g/mol. The number of para-hydroxylation sites is 1. The van der Waals surface area contributed by atoms with Crippen molar-refractivity contribution >= 4 is 17.5 Å². The maximum Gasteiger partial charge on any atom is 0.261 e. The zero-order valence-electron chi connectivity index (χ0n) is 13.9. The Labute approximate surface area is 141 Å². The summed E-state index contributed by atoms with van der Waals surface area (Å²) in [6.45, 7) is 2.16. The van der Waals surface area contributed by atoms with Gasteiger partial charge in [0.2, 0.25) is 5.95 Å². The Morgan fingerprint density at radius 3 is 2.88 bits per heavy atom. The molecule has 24 heavy (non-hydrogen) atoms. The highest BCUT2D eigenvalue weighted by Gasteiger charge is 2.23. The molecule has 1 aromatic heterocycles. The van der Waals surface area contributed by atoms with E-state index in [9.17, 15) is 4.79 Å². The highest BCUT2D eigenvalue weighted by atomic mass is 16.5. The molecule has 0 saturated carbocycles. The first kappa shape index (κ1) is 16.4. The Bertz CT molecular complexity index is 688. The van der Waals surface area contributed by atoms with E-state index in [1.54, 1.807) is 19.5 Å². The number of hydrogen-bond donors (Lipinski definition) is 1. The van der Waals surface area contributed by atoms with Crippen molar-refractivity contribution in [2.45, 2.75) is 19.3 Å². The van der Waals surface area contributed by atoms with Crippen molar-refractivity contribution in [3.63, 3.8) is 0 Å². The summed E-state index contributed by atoms with van der Waals surface area (Å²) >= 11 is 0. The average Bonchev–Trinajstić information content (AvgIpc) is 2.65. The van der Waals surface area contributed by atoms with Crippen LogP contribution in [0.3, 0.4) is 0 Å². The van der Waals surface area contributed by atoms with Crippen LogP contribution in [0.5, 0.6) is 0 Å². The highest BCUT2D eigenvalue weighted by Crippen LogP contribution is 2.27. The van der Waals surface area contributed by atoms with Gasteiger partial charge in [0.15, 0.2) is 0 Å². The molecule has 1 amide bonds. The Morgan fingerprint density at radius 2 is 2.08 bits per heavy atom. The molecule has 2 aromatic rings. The molecule has 3 rings (SSSR count).